The molecule has 4 nitrogen and oxygen atoms in total. The number of primary amides is 1. The predicted molar refractivity (Wildman–Crippen MR) is 86.1 cm³/mol. The highest BCUT2D eigenvalue weighted by Crippen LogP contribution is 2.42. The van der Waals surface area contributed by atoms with Crippen LogP contribution in [0.3, 0.4) is 0 Å². The Hall–Kier alpha value is -2.24. The lowest BCUT2D eigenvalue weighted by molar-refractivity contribution is -0.114. The van der Waals surface area contributed by atoms with Gasteiger partial charge in [-0.2, -0.15) is 8.78 Å². The third-order valence-electron chi connectivity index (χ3n) is 4.15. The van der Waals surface area contributed by atoms with E-state index in [1.165, 1.54) is 4.90 Å². The van der Waals surface area contributed by atoms with Crippen molar-refractivity contribution in [3.05, 3.63) is 47.2 Å². The summed E-state index contributed by atoms with van der Waals surface area (Å²) in [6.07, 6.45) is 0.149. The van der Waals surface area contributed by atoms with Crippen molar-refractivity contribution in [2.24, 2.45) is 10.7 Å². The molecule has 1 fully saturated rings. The second-order valence-corrected chi connectivity index (χ2v) is 5.73. The van der Waals surface area contributed by atoms with E-state index < -0.39 is 23.7 Å². The minimum atomic E-state index is -3.11. The zero-order chi connectivity index (χ0) is 17.2. The van der Waals surface area contributed by atoms with Gasteiger partial charge in [0, 0.05) is 13.5 Å². The average Bonchev–Trinajstić information content (AvgIpc) is 2.74. The molecule has 2 N–H and O–H groups in total. The minimum Gasteiger partial charge on any atom is -0.364 e. The SMILES string of the molecule is CCC(C)=C(N=C1N(C)C(c2ccccc2)CC1(F)F)C(N)=O. The number of carbonyl (C=O) groups is 1. The number of aliphatic imine (C=N–C) groups is 1. The van der Waals surface area contributed by atoms with Crippen LogP contribution in [0.5, 0.6) is 0 Å². The molecule has 6 heteroatoms. The van der Waals surface area contributed by atoms with E-state index >= 15 is 0 Å². The Morgan fingerprint density at radius 1 is 1.39 bits per heavy atom. The average molecular weight is 321 g/mol. The number of hydrogen-bond donors (Lipinski definition) is 1. The largest absolute Gasteiger partial charge is 0.364 e. The number of likely N-dealkylation sites (tertiary alicyclic amines) is 1. The highest BCUT2D eigenvalue weighted by atomic mass is 19.3. The summed E-state index contributed by atoms with van der Waals surface area (Å²) in [5.41, 5.74) is 6.61. The fourth-order valence-electron chi connectivity index (χ4n) is 2.69. The Morgan fingerprint density at radius 3 is 2.52 bits per heavy atom. The smallest absolute Gasteiger partial charge is 0.306 e. The van der Waals surface area contributed by atoms with Gasteiger partial charge in [0.15, 0.2) is 5.84 Å². The minimum absolute atomic E-state index is 0.0808. The van der Waals surface area contributed by atoms with Crippen LogP contribution < -0.4 is 5.73 Å². The van der Waals surface area contributed by atoms with E-state index in [4.69, 9.17) is 5.73 Å². The molecule has 1 unspecified atom stereocenters. The van der Waals surface area contributed by atoms with Crippen LogP contribution in [0, 0.1) is 0 Å². The van der Waals surface area contributed by atoms with E-state index in [2.05, 4.69) is 4.99 Å². The van der Waals surface area contributed by atoms with E-state index in [0.29, 0.717) is 12.0 Å². The zero-order valence-electron chi connectivity index (χ0n) is 13.5. The number of allylic oxidation sites excluding steroid dienone is 1. The Bertz CT molecular complexity index is 653. The summed E-state index contributed by atoms with van der Waals surface area (Å²) in [5.74, 6) is -4.30. The van der Waals surface area contributed by atoms with Gasteiger partial charge in [-0.05, 0) is 24.5 Å². The van der Waals surface area contributed by atoms with Crippen molar-refractivity contribution in [1.29, 1.82) is 0 Å². The maximum atomic E-state index is 14.4. The first kappa shape index (κ1) is 17.1. The Morgan fingerprint density at radius 2 is 2.00 bits per heavy atom. The summed E-state index contributed by atoms with van der Waals surface area (Å²) in [6.45, 7) is 3.49. The van der Waals surface area contributed by atoms with Gasteiger partial charge in [-0.3, -0.25) is 4.79 Å². The number of rotatable bonds is 4. The molecule has 1 amide bonds. The van der Waals surface area contributed by atoms with Crippen LogP contribution in [0.15, 0.2) is 46.6 Å². The zero-order valence-corrected chi connectivity index (χ0v) is 13.5. The lowest BCUT2D eigenvalue weighted by atomic mass is 10.0. The third-order valence-corrected chi connectivity index (χ3v) is 4.15. The molecule has 23 heavy (non-hydrogen) atoms. The molecular weight excluding hydrogens is 300 g/mol. The Kier molecular flexibility index (Phi) is 4.82. The second kappa shape index (κ2) is 6.48. The first-order valence-corrected chi connectivity index (χ1v) is 7.52. The first-order chi connectivity index (χ1) is 10.8. The summed E-state index contributed by atoms with van der Waals surface area (Å²) in [5, 5.41) is 0. The lowest BCUT2D eigenvalue weighted by Gasteiger charge is -2.22. The molecule has 0 aromatic heterocycles. The van der Waals surface area contributed by atoms with Crippen molar-refractivity contribution < 1.29 is 13.6 Å². The molecule has 1 aliphatic heterocycles. The fraction of sp³-hybridized carbons (Fsp3) is 0.412. The van der Waals surface area contributed by atoms with Crippen molar-refractivity contribution in [3.8, 4) is 0 Å². The molecule has 2 rings (SSSR count). The Balaban J connectivity index is 2.46. The van der Waals surface area contributed by atoms with Crippen molar-refractivity contribution in [3.63, 3.8) is 0 Å². The molecule has 0 saturated carbocycles. The molecule has 0 bridgehead atoms. The summed E-state index contributed by atoms with van der Waals surface area (Å²) in [7, 11) is 1.57. The number of nitrogens with two attached hydrogens (primary N) is 1. The molecule has 0 spiro atoms. The maximum Gasteiger partial charge on any atom is 0.306 e. The van der Waals surface area contributed by atoms with Gasteiger partial charge in [-0.25, -0.2) is 4.99 Å². The van der Waals surface area contributed by atoms with E-state index in [9.17, 15) is 13.6 Å². The molecule has 0 aliphatic carbocycles. The highest BCUT2D eigenvalue weighted by molar-refractivity contribution is 5.99. The van der Waals surface area contributed by atoms with Gasteiger partial charge in [-0.15, -0.1) is 0 Å². The topological polar surface area (TPSA) is 58.7 Å². The summed E-state index contributed by atoms with van der Waals surface area (Å²) < 4.78 is 28.9. The summed E-state index contributed by atoms with van der Waals surface area (Å²) in [6, 6.07) is 8.59. The van der Waals surface area contributed by atoms with Crippen LogP contribution in [0.25, 0.3) is 0 Å². The van der Waals surface area contributed by atoms with Crippen LogP contribution in [0.4, 0.5) is 8.78 Å². The molecule has 0 radical (unpaired) electrons. The number of alkyl halides is 2. The number of halogens is 2. The van der Waals surface area contributed by atoms with Crippen LogP contribution in [-0.4, -0.2) is 29.6 Å². The van der Waals surface area contributed by atoms with Gasteiger partial charge >= 0.3 is 5.92 Å². The molecule has 124 valence electrons. The molecule has 1 aliphatic rings. The van der Waals surface area contributed by atoms with Crippen molar-refractivity contribution >= 4 is 11.7 Å². The van der Waals surface area contributed by atoms with E-state index in [1.54, 1.807) is 14.0 Å². The number of hydrogen-bond acceptors (Lipinski definition) is 2. The van der Waals surface area contributed by atoms with Gasteiger partial charge in [0.05, 0.1) is 6.04 Å². The van der Waals surface area contributed by atoms with E-state index in [-0.39, 0.29) is 12.1 Å². The molecule has 1 heterocycles. The highest BCUT2D eigenvalue weighted by Gasteiger charge is 2.50. The second-order valence-electron chi connectivity index (χ2n) is 5.73. The third kappa shape index (κ3) is 3.41. The van der Waals surface area contributed by atoms with E-state index in [0.717, 1.165) is 5.56 Å². The van der Waals surface area contributed by atoms with Gasteiger partial charge in [0.2, 0.25) is 0 Å². The van der Waals surface area contributed by atoms with Crippen LogP contribution in [0.2, 0.25) is 0 Å². The summed E-state index contributed by atoms with van der Waals surface area (Å²) in [4.78, 5) is 16.9. The first-order valence-electron chi connectivity index (χ1n) is 7.52. The number of amidine groups is 1. The van der Waals surface area contributed by atoms with Gasteiger partial charge in [0.25, 0.3) is 5.91 Å². The number of benzene rings is 1. The van der Waals surface area contributed by atoms with Gasteiger partial charge < -0.3 is 10.6 Å². The number of amides is 1. The van der Waals surface area contributed by atoms with E-state index in [1.807, 2.05) is 37.3 Å². The molecule has 1 saturated heterocycles. The predicted octanol–water partition coefficient (Wildman–Crippen LogP) is 3.27. The standard InChI is InChI=1S/C17H21F2N3O/c1-4-11(2)14(15(20)23)21-16-17(18,19)10-13(22(16)3)12-8-6-5-7-9-12/h5-9,13H,4,10H2,1-3H3,(H2,20,23). The fourth-order valence-corrected chi connectivity index (χ4v) is 2.69. The van der Waals surface area contributed by atoms with Crippen LogP contribution >= 0.6 is 0 Å². The number of nitrogens with zero attached hydrogens (tertiary/aromatic N) is 2. The molecular formula is C17H21F2N3O. The summed E-state index contributed by atoms with van der Waals surface area (Å²) >= 11 is 0. The van der Waals surface area contributed by atoms with Gasteiger partial charge in [-0.1, -0.05) is 37.3 Å². The molecule has 1 atom stereocenters. The quantitative estimate of drug-likeness (QED) is 0.865. The Labute approximate surface area is 134 Å². The number of carbonyl (C=O) groups excluding carboxylic acids is 1. The van der Waals surface area contributed by atoms with Crippen LogP contribution in [0.1, 0.15) is 38.3 Å². The van der Waals surface area contributed by atoms with Crippen LogP contribution in [-0.2, 0) is 4.79 Å². The lowest BCUT2D eigenvalue weighted by Crippen LogP contribution is -2.32. The molecule has 1 aromatic carbocycles. The van der Waals surface area contributed by atoms with Crippen molar-refractivity contribution in [1.82, 2.24) is 4.90 Å². The normalized spacial score (nSPS) is 23.1. The van der Waals surface area contributed by atoms with Gasteiger partial charge in [0.1, 0.15) is 5.70 Å². The monoisotopic (exact) mass is 321 g/mol. The van der Waals surface area contributed by atoms with Crippen molar-refractivity contribution in [2.45, 2.75) is 38.7 Å². The molecule has 1 aromatic rings. The maximum absolute atomic E-state index is 14.4. The van der Waals surface area contributed by atoms with Crippen molar-refractivity contribution in [2.75, 3.05) is 7.05 Å².